The third-order valence-corrected chi connectivity index (χ3v) is 2.71. The van der Waals surface area contributed by atoms with Crippen LogP contribution in [0.25, 0.3) is 0 Å². The molecule has 0 unspecified atom stereocenters. The monoisotopic (exact) mass is 277 g/mol. The highest BCUT2D eigenvalue weighted by molar-refractivity contribution is 6.10. The average molecular weight is 277 g/mol. The molecular formula is C13H12FN3O3. The molecule has 0 aliphatic carbocycles. The van der Waals surface area contributed by atoms with E-state index < -0.39 is 17.7 Å². The highest BCUT2D eigenvalue weighted by Gasteiger charge is 2.21. The van der Waals surface area contributed by atoms with Gasteiger partial charge in [-0.15, -0.1) is 0 Å². The minimum atomic E-state index is -1.29. The number of aromatic carboxylic acids is 1. The first-order chi connectivity index (χ1) is 9.38. The van der Waals surface area contributed by atoms with Crippen molar-refractivity contribution < 1.29 is 19.1 Å². The number of hydrogen-bond donors (Lipinski definition) is 2. The number of rotatable bonds is 3. The Hall–Kier alpha value is -2.70. The molecule has 2 aromatic rings. The Balaban J connectivity index is 2.31. The summed E-state index contributed by atoms with van der Waals surface area (Å²) >= 11 is 0. The zero-order valence-electron chi connectivity index (χ0n) is 10.8. The van der Waals surface area contributed by atoms with Gasteiger partial charge in [-0.3, -0.25) is 9.48 Å². The van der Waals surface area contributed by atoms with Crippen molar-refractivity contribution in [1.82, 2.24) is 9.78 Å². The molecule has 7 heteroatoms. The highest BCUT2D eigenvalue weighted by Crippen LogP contribution is 2.17. The van der Waals surface area contributed by atoms with Gasteiger partial charge in [0.25, 0.3) is 5.91 Å². The second kappa shape index (κ2) is 5.12. The lowest BCUT2D eigenvalue weighted by Crippen LogP contribution is -2.16. The maximum absolute atomic E-state index is 13.0. The normalized spacial score (nSPS) is 10.3. The number of aryl methyl sites for hydroxylation is 2. The number of hydrogen-bond acceptors (Lipinski definition) is 3. The minimum Gasteiger partial charge on any atom is -0.476 e. The van der Waals surface area contributed by atoms with Crippen molar-refractivity contribution in [3.63, 3.8) is 0 Å². The van der Waals surface area contributed by atoms with Gasteiger partial charge in [0.05, 0.1) is 5.56 Å². The van der Waals surface area contributed by atoms with Gasteiger partial charge in [-0.25, -0.2) is 9.18 Å². The first kappa shape index (κ1) is 13.7. The van der Waals surface area contributed by atoms with E-state index in [1.54, 1.807) is 6.92 Å². The summed E-state index contributed by atoms with van der Waals surface area (Å²) in [6.07, 6.45) is 1.32. The zero-order chi connectivity index (χ0) is 14.9. The van der Waals surface area contributed by atoms with Crippen molar-refractivity contribution in [2.24, 2.45) is 7.05 Å². The molecule has 0 fully saturated rings. The molecular weight excluding hydrogens is 265 g/mol. The Morgan fingerprint density at radius 3 is 2.70 bits per heavy atom. The van der Waals surface area contributed by atoms with Crippen molar-refractivity contribution in [3.8, 4) is 0 Å². The number of carbonyl (C=O) groups excluding carboxylic acids is 1. The number of carboxylic acids is 1. The summed E-state index contributed by atoms with van der Waals surface area (Å²) in [7, 11) is 1.52. The molecule has 1 amide bonds. The van der Waals surface area contributed by atoms with Crippen molar-refractivity contribution >= 4 is 17.6 Å². The van der Waals surface area contributed by atoms with Crippen LogP contribution in [0.5, 0.6) is 0 Å². The molecule has 104 valence electrons. The van der Waals surface area contributed by atoms with Crippen molar-refractivity contribution in [2.45, 2.75) is 6.92 Å². The fourth-order valence-corrected chi connectivity index (χ4v) is 1.77. The van der Waals surface area contributed by atoms with Gasteiger partial charge in [0, 0.05) is 18.9 Å². The number of anilines is 1. The molecule has 2 N–H and O–H groups in total. The van der Waals surface area contributed by atoms with Crippen LogP contribution < -0.4 is 5.32 Å². The Morgan fingerprint density at radius 1 is 1.40 bits per heavy atom. The van der Waals surface area contributed by atoms with Gasteiger partial charge < -0.3 is 10.4 Å². The summed E-state index contributed by atoms with van der Waals surface area (Å²) in [6.45, 7) is 1.64. The van der Waals surface area contributed by atoms with E-state index in [-0.39, 0.29) is 11.3 Å². The van der Waals surface area contributed by atoms with Crippen LogP contribution in [0.4, 0.5) is 10.1 Å². The number of aromatic nitrogens is 2. The van der Waals surface area contributed by atoms with E-state index in [1.165, 1.54) is 36.1 Å². The molecule has 1 aromatic heterocycles. The average Bonchev–Trinajstić information content (AvgIpc) is 2.75. The van der Waals surface area contributed by atoms with Gasteiger partial charge in [-0.2, -0.15) is 5.10 Å². The maximum atomic E-state index is 13.0. The number of benzene rings is 1. The summed E-state index contributed by atoms with van der Waals surface area (Å²) in [4.78, 5) is 23.1. The van der Waals surface area contributed by atoms with Crippen LogP contribution >= 0.6 is 0 Å². The number of carboxylic acid groups (broad SMARTS) is 1. The van der Waals surface area contributed by atoms with E-state index in [1.807, 2.05) is 0 Å². The SMILES string of the molecule is Cc1cc(F)ccc1NC(=O)c1cn(C)nc1C(=O)O. The van der Waals surface area contributed by atoms with Gasteiger partial charge in [0.15, 0.2) is 5.69 Å². The largest absolute Gasteiger partial charge is 0.476 e. The third kappa shape index (κ3) is 2.66. The molecule has 0 saturated carbocycles. The first-order valence-corrected chi connectivity index (χ1v) is 5.73. The van der Waals surface area contributed by atoms with Gasteiger partial charge in [-0.05, 0) is 30.7 Å². The molecule has 0 spiro atoms. The molecule has 0 bridgehead atoms. The summed E-state index contributed by atoms with van der Waals surface area (Å²) < 4.78 is 14.2. The molecule has 1 aromatic carbocycles. The topological polar surface area (TPSA) is 84.2 Å². The van der Waals surface area contributed by atoms with Crippen LogP contribution in [-0.4, -0.2) is 26.8 Å². The molecule has 6 nitrogen and oxygen atoms in total. The van der Waals surface area contributed by atoms with Crippen molar-refractivity contribution in [3.05, 3.63) is 47.0 Å². The van der Waals surface area contributed by atoms with E-state index >= 15 is 0 Å². The van der Waals surface area contributed by atoms with Crippen LogP contribution in [0, 0.1) is 12.7 Å². The van der Waals surface area contributed by atoms with Crippen LogP contribution in [0.2, 0.25) is 0 Å². The summed E-state index contributed by atoms with van der Waals surface area (Å²) in [5.41, 5.74) is 0.573. The molecule has 0 aliphatic rings. The quantitative estimate of drug-likeness (QED) is 0.896. The molecule has 2 rings (SSSR count). The summed E-state index contributed by atoms with van der Waals surface area (Å²) in [6, 6.07) is 3.90. The molecule has 1 heterocycles. The molecule has 0 radical (unpaired) electrons. The first-order valence-electron chi connectivity index (χ1n) is 5.73. The number of amides is 1. The van der Waals surface area contributed by atoms with E-state index in [2.05, 4.69) is 10.4 Å². The smallest absolute Gasteiger partial charge is 0.357 e. The van der Waals surface area contributed by atoms with Gasteiger partial charge in [0.1, 0.15) is 5.82 Å². The van der Waals surface area contributed by atoms with E-state index in [4.69, 9.17) is 5.11 Å². The molecule has 0 atom stereocenters. The number of nitrogens with one attached hydrogen (secondary N) is 1. The second-order valence-electron chi connectivity index (χ2n) is 4.28. The Kier molecular flexibility index (Phi) is 3.51. The lowest BCUT2D eigenvalue weighted by molar-refractivity contribution is 0.0685. The molecule has 0 aliphatic heterocycles. The van der Waals surface area contributed by atoms with E-state index in [0.717, 1.165) is 0 Å². The predicted molar refractivity (Wildman–Crippen MR) is 69.3 cm³/mol. The van der Waals surface area contributed by atoms with Gasteiger partial charge in [0.2, 0.25) is 0 Å². The summed E-state index contributed by atoms with van der Waals surface area (Å²) in [5.74, 6) is -2.30. The van der Waals surface area contributed by atoms with Crippen LogP contribution in [0.3, 0.4) is 0 Å². The predicted octanol–water partition coefficient (Wildman–Crippen LogP) is 1.82. The lowest BCUT2D eigenvalue weighted by atomic mass is 10.1. The standard InChI is InChI=1S/C13H12FN3O3/c1-7-5-8(14)3-4-10(7)15-12(18)9-6-17(2)16-11(9)13(19)20/h3-6H,1-2H3,(H,15,18)(H,19,20). The van der Waals surface area contributed by atoms with Crippen LogP contribution in [0.15, 0.2) is 24.4 Å². The van der Waals surface area contributed by atoms with Crippen LogP contribution in [0.1, 0.15) is 26.4 Å². The zero-order valence-corrected chi connectivity index (χ0v) is 10.8. The van der Waals surface area contributed by atoms with Gasteiger partial charge >= 0.3 is 5.97 Å². The number of nitrogens with zero attached hydrogens (tertiary/aromatic N) is 2. The lowest BCUT2D eigenvalue weighted by Gasteiger charge is -2.07. The van der Waals surface area contributed by atoms with E-state index in [9.17, 15) is 14.0 Å². The third-order valence-electron chi connectivity index (χ3n) is 2.71. The molecule has 0 saturated heterocycles. The second-order valence-corrected chi connectivity index (χ2v) is 4.28. The Labute approximate surface area is 113 Å². The van der Waals surface area contributed by atoms with Gasteiger partial charge in [-0.1, -0.05) is 0 Å². The van der Waals surface area contributed by atoms with Crippen molar-refractivity contribution in [2.75, 3.05) is 5.32 Å². The fraction of sp³-hybridized carbons (Fsp3) is 0.154. The minimum absolute atomic E-state index is 0.0521. The number of carbonyl (C=O) groups is 2. The van der Waals surface area contributed by atoms with E-state index in [0.29, 0.717) is 11.3 Å². The maximum Gasteiger partial charge on any atom is 0.357 e. The Morgan fingerprint density at radius 2 is 2.10 bits per heavy atom. The van der Waals surface area contributed by atoms with Crippen molar-refractivity contribution in [1.29, 1.82) is 0 Å². The highest BCUT2D eigenvalue weighted by atomic mass is 19.1. The summed E-state index contributed by atoms with van der Waals surface area (Å²) in [5, 5.41) is 15.2. The number of halogens is 1. The molecule has 20 heavy (non-hydrogen) atoms. The Bertz CT molecular complexity index is 694. The van der Waals surface area contributed by atoms with Crippen LogP contribution in [-0.2, 0) is 7.05 Å². The fourth-order valence-electron chi connectivity index (χ4n) is 1.77.